The molecule has 0 saturated carbocycles. The highest BCUT2D eigenvalue weighted by Crippen LogP contribution is 2.28. The molecule has 1 N–H and O–H groups in total. The molecule has 0 amide bonds. The second-order valence-corrected chi connectivity index (χ2v) is 5.75. The van der Waals surface area contributed by atoms with Gasteiger partial charge in [-0.3, -0.25) is 0 Å². The monoisotopic (exact) mass is 227 g/mol. The van der Waals surface area contributed by atoms with E-state index in [1.54, 1.807) is 0 Å². The zero-order valence-electron chi connectivity index (χ0n) is 11.5. The summed E-state index contributed by atoms with van der Waals surface area (Å²) in [6, 6.07) is 0.638. The molecule has 0 spiro atoms. The lowest BCUT2D eigenvalue weighted by molar-refractivity contribution is 0.0989. The van der Waals surface area contributed by atoms with E-state index in [4.69, 9.17) is 4.74 Å². The second kappa shape index (κ2) is 6.61. The van der Waals surface area contributed by atoms with Crippen LogP contribution < -0.4 is 5.32 Å². The molecule has 0 aromatic carbocycles. The molecule has 1 aliphatic heterocycles. The minimum atomic E-state index is 0.408. The summed E-state index contributed by atoms with van der Waals surface area (Å²) in [7, 11) is 2.09. The van der Waals surface area contributed by atoms with Crippen LogP contribution in [-0.2, 0) is 4.74 Å². The summed E-state index contributed by atoms with van der Waals surface area (Å²) in [5.74, 6) is 0. The first-order valence-corrected chi connectivity index (χ1v) is 6.89. The minimum absolute atomic E-state index is 0.408. The van der Waals surface area contributed by atoms with Crippen molar-refractivity contribution in [2.75, 3.05) is 13.7 Å². The Hall–Kier alpha value is -0.0800. The number of hydrogen-bond acceptors (Lipinski definition) is 2. The van der Waals surface area contributed by atoms with E-state index in [-0.39, 0.29) is 0 Å². The van der Waals surface area contributed by atoms with Crippen LogP contribution in [-0.4, -0.2) is 25.8 Å². The molecule has 0 aromatic heterocycles. The quantitative estimate of drug-likeness (QED) is 0.720. The molecular formula is C14H29NO. The zero-order chi connectivity index (χ0) is 12.0. The van der Waals surface area contributed by atoms with E-state index in [9.17, 15) is 0 Å². The molecule has 1 saturated heterocycles. The van der Waals surface area contributed by atoms with Crippen LogP contribution in [0.15, 0.2) is 0 Å². The zero-order valence-corrected chi connectivity index (χ0v) is 11.5. The maximum atomic E-state index is 5.66. The van der Waals surface area contributed by atoms with Gasteiger partial charge in [0.2, 0.25) is 0 Å². The van der Waals surface area contributed by atoms with Crippen LogP contribution in [0, 0.1) is 5.41 Å². The van der Waals surface area contributed by atoms with E-state index in [1.807, 2.05) is 0 Å². The molecule has 0 bridgehead atoms. The average Bonchev–Trinajstić information content (AvgIpc) is 2.77. The second-order valence-electron chi connectivity index (χ2n) is 5.75. The normalized spacial score (nSPS) is 23.6. The molecule has 1 aliphatic rings. The molecule has 2 nitrogen and oxygen atoms in total. The fourth-order valence-electron chi connectivity index (χ4n) is 2.59. The van der Waals surface area contributed by atoms with Crippen molar-refractivity contribution in [3.8, 4) is 0 Å². The smallest absolute Gasteiger partial charge is 0.0576 e. The van der Waals surface area contributed by atoms with Crippen molar-refractivity contribution in [3.63, 3.8) is 0 Å². The van der Waals surface area contributed by atoms with Crippen LogP contribution in [0.4, 0.5) is 0 Å². The summed E-state index contributed by atoms with van der Waals surface area (Å²) in [5, 5.41) is 3.48. The molecule has 0 aromatic rings. The maximum absolute atomic E-state index is 5.66. The number of rotatable bonds is 7. The third kappa shape index (κ3) is 4.06. The van der Waals surface area contributed by atoms with E-state index >= 15 is 0 Å². The summed E-state index contributed by atoms with van der Waals surface area (Å²) in [6.45, 7) is 7.99. The van der Waals surface area contributed by atoms with E-state index in [1.165, 1.54) is 38.5 Å². The third-order valence-corrected chi connectivity index (χ3v) is 4.25. The van der Waals surface area contributed by atoms with Gasteiger partial charge in [0.15, 0.2) is 0 Å². The first-order chi connectivity index (χ1) is 7.60. The van der Waals surface area contributed by atoms with Crippen molar-refractivity contribution in [1.29, 1.82) is 0 Å². The van der Waals surface area contributed by atoms with Gasteiger partial charge in [-0.25, -0.2) is 0 Å². The van der Waals surface area contributed by atoms with Gasteiger partial charge >= 0.3 is 0 Å². The summed E-state index contributed by atoms with van der Waals surface area (Å²) in [5.41, 5.74) is 0.408. The highest BCUT2D eigenvalue weighted by Gasteiger charge is 2.26. The molecule has 1 rings (SSSR count). The molecule has 1 fully saturated rings. The van der Waals surface area contributed by atoms with Gasteiger partial charge < -0.3 is 10.1 Å². The Labute approximate surface area is 101 Å². The first-order valence-electron chi connectivity index (χ1n) is 6.89. The van der Waals surface area contributed by atoms with E-state index in [0.29, 0.717) is 17.6 Å². The van der Waals surface area contributed by atoms with Gasteiger partial charge in [0, 0.05) is 12.6 Å². The molecular weight excluding hydrogens is 198 g/mol. The fraction of sp³-hybridized carbons (Fsp3) is 1.00. The predicted molar refractivity (Wildman–Crippen MR) is 69.7 cm³/mol. The van der Waals surface area contributed by atoms with Crippen molar-refractivity contribution in [2.45, 2.75) is 71.4 Å². The maximum Gasteiger partial charge on any atom is 0.0576 e. The lowest BCUT2D eigenvalue weighted by atomic mass is 9.79. The van der Waals surface area contributed by atoms with Crippen LogP contribution >= 0.6 is 0 Å². The van der Waals surface area contributed by atoms with E-state index < -0.39 is 0 Å². The van der Waals surface area contributed by atoms with Gasteiger partial charge in [0.05, 0.1) is 6.10 Å². The number of nitrogens with one attached hydrogen (secondary N) is 1. The van der Waals surface area contributed by atoms with Crippen LogP contribution in [0.5, 0.6) is 0 Å². The van der Waals surface area contributed by atoms with Crippen molar-refractivity contribution >= 4 is 0 Å². The summed E-state index contributed by atoms with van der Waals surface area (Å²) in [4.78, 5) is 0. The Bertz CT molecular complexity index is 185. The Morgan fingerprint density at radius 3 is 2.69 bits per heavy atom. The van der Waals surface area contributed by atoms with Gasteiger partial charge in [0.25, 0.3) is 0 Å². The largest absolute Gasteiger partial charge is 0.378 e. The highest BCUT2D eigenvalue weighted by atomic mass is 16.5. The Kier molecular flexibility index (Phi) is 5.77. The summed E-state index contributed by atoms with van der Waals surface area (Å²) >= 11 is 0. The number of ether oxygens (including phenoxy) is 1. The van der Waals surface area contributed by atoms with Crippen LogP contribution in [0.1, 0.15) is 59.3 Å². The van der Waals surface area contributed by atoms with Crippen molar-refractivity contribution in [1.82, 2.24) is 5.32 Å². The predicted octanol–water partition coefficient (Wildman–Crippen LogP) is 3.36. The van der Waals surface area contributed by atoms with Gasteiger partial charge in [-0.1, -0.05) is 20.8 Å². The Morgan fingerprint density at radius 2 is 2.19 bits per heavy atom. The van der Waals surface area contributed by atoms with Crippen molar-refractivity contribution in [2.24, 2.45) is 5.41 Å². The Balaban J connectivity index is 2.22. The van der Waals surface area contributed by atoms with Gasteiger partial charge in [-0.05, 0) is 51.0 Å². The first kappa shape index (κ1) is 14.0. The molecule has 0 radical (unpaired) electrons. The topological polar surface area (TPSA) is 21.3 Å². The lowest BCUT2D eigenvalue weighted by Gasteiger charge is -2.33. The summed E-state index contributed by atoms with van der Waals surface area (Å²) < 4.78 is 5.66. The summed E-state index contributed by atoms with van der Waals surface area (Å²) in [6.07, 6.45) is 8.15. The molecule has 16 heavy (non-hydrogen) atoms. The average molecular weight is 227 g/mol. The van der Waals surface area contributed by atoms with Crippen LogP contribution in [0.3, 0.4) is 0 Å². The highest BCUT2D eigenvalue weighted by molar-refractivity contribution is 4.82. The van der Waals surface area contributed by atoms with Crippen molar-refractivity contribution in [3.05, 3.63) is 0 Å². The molecule has 1 heterocycles. The molecule has 2 heteroatoms. The molecule has 2 unspecified atom stereocenters. The fourth-order valence-corrected chi connectivity index (χ4v) is 2.59. The van der Waals surface area contributed by atoms with Crippen LogP contribution in [0.2, 0.25) is 0 Å². The van der Waals surface area contributed by atoms with Gasteiger partial charge in [-0.15, -0.1) is 0 Å². The Morgan fingerprint density at radius 1 is 1.44 bits per heavy atom. The lowest BCUT2D eigenvalue weighted by Crippen LogP contribution is -2.39. The minimum Gasteiger partial charge on any atom is -0.378 e. The van der Waals surface area contributed by atoms with E-state index in [0.717, 1.165) is 6.61 Å². The van der Waals surface area contributed by atoms with E-state index in [2.05, 4.69) is 33.1 Å². The molecule has 0 aliphatic carbocycles. The molecule has 2 atom stereocenters. The third-order valence-electron chi connectivity index (χ3n) is 4.25. The van der Waals surface area contributed by atoms with Gasteiger partial charge in [0.1, 0.15) is 0 Å². The standard InChI is InChI=1S/C14H29NO/c1-5-14(2,3)13(15-4)10-6-8-12-9-7-11-16-12/h12-13,15H,5-11H2,1-4H3. The van der Waals surface area contributed by atoms with Crippen LogP contribution in [0.25, 0.3) is 0 Å². The van der Waals surface area contributed by atoms with Crippen molar-refractivity contribution < 1.29 is 4.74 Å². The van der Waals surface area contributed by atoms with Gasteiger partial charge in [-0.2, -0.15) is 0 Å². The number of hydrogen-bond donors (Lipinski definition) is 1. The SMILES string of the molecule is CCC(C)(C)C(CCCC1CCCO1)NC. The molecule has 96 valence electrons.